The first-order valence-corrected chi connectivity index (χ1v) is 10.0. The fourth-order valence-electron chi connectivity index (χ4n) is 2.72. The molecule has 1 fully saturated rings. The van der Waals surface area contributed by atoms with Crippen LogP contribution in [0.1, 0.15) is 54.7 Å². The SMILES string of the molecule is CC(C)c1noc(COC(=O)c2ccccc2SCC(=O)N2CCCC2)n1. The van der Waals surface area contributed by atoms with Crippen LogP contribution >= 0.6 is 11.8 Å². The zero-order valence-electron chi connectivity index (χ0n) is 15.5. The second-order valence-corrected chi connectivity index (χ2v) is 7.67. The highest BCUT2D eigenvalue weighted by atomic mass is 32.2. The zero-order chi connectivity index (χ0) is 19.2. The van der Waals surface area contributed by atoms with Gasteiger partial charge in [-0.3, -0.25) is 4.79 Å². The number of ether oxygens (including phenoxy) is 1. The summed E-state index contributed by atoms with van der Waals surface area (Å²) in [5, 5.41) is 3.85. The Kier molecular flexibility index (Phi) is 6.49. The van der Waals surface area contributed by atoms with E-state index in [-0.39, 0.29) is 24.3 Å². The summed E-state index contributed by atoms with van der Waals surface area (Å²) in [4.78, 5) is 31.5. The molecule has 7 nitrogen and oxygen atoms in total. The van der Waals surface area contributed by atoms with Gasteiger partial charge in [-0.15, -0.1) is 11.8 Å². The molecule has 1 amide bonds. The molecule has 0 unspecified atom stereocenters. The maximum atomic E-state index is 12.5. The molecule has 0 radical (unpaired) electrons. The standard InChI is InChI=1S/C19H23N3O4S/c1-13(2)18-20-16(26-21-18)11-25-19(24)14-7-3-4-8-15(14)27-12-17(23)22-9-5-6-10-22/h3-4,7-8,13H,5-6,9-12H2,1-2H3. The van der Waals surface area contributed by atoms with Gasteiger partial charge in [0.1, 0.15) is 0 Å². The third-order valence-corrected chi connectivity index (χ3v) is 5.30. The van der Waals surface area contributed by atoms with E-state index >= 15 is 0 Å². The lowest BCUT2D eigenvalue weighted by atomic mass is 10.2. The lowest BCUT2D eigenvalue weighted by Gasteiger charge is -2.15. The monoisotopic (exact) mass is 389 g/mol. The van der Waals surface area contributed by atoms with Crippen molar-refractivity contribution in [1.29, 1.82) is 0 Å². The van der Waals surface area contributed by atoms with E-state index in [9.17, 15) is 9.59 Å². The van der Waals surface area contributed by atoms with E-state index in [2.05, 4.69) is 10.1 Å². The number of carbonyl (C=O) groups is 2. The van der Waals surface area contributed by atoms with Crippen molar-refractivity contribution >= 4 is 23.6 Å². The quantitative estimate of drug-likeness (QED) is 0.531. The Hall–Kier alpha value is -2.35. The van der Waals surface area contributed by atoms with Gasteiger partial charge in [0.15, 0.2) is 12.4 Å². The largest absolute Gasteiger partial charge is 0.452 e. The van der Waals surface area contributed by atoms with Crippen molar-refractivity contribution in [2.45, 2.75) is 44.1 Å². The lowest BCUT2D eigenvalue weighted by Crippen LogP contribution is -2.29. The number of benzene rings is 1. The average Bonchev–Trinajstić information content (AvgIpc) is 3.36. The summed E-state index contributed by atoms with van der Waals surface area (Å²) in [6, 6.07) is 7.12. The van der Waals surface area contributed by atoms with E-state index in [0.29, 0.717) is 17.1 Å². The van der Waals surface area contributed by atoms with Crippen molar-refractivity contribution in [3.63, 3.8) is 0 Å². The van der Waals surface area contributed by atoms with Crippen molar-refractivity contribution in [3.8, 4) is 0 Å². The van der Waals surface area contributed by atoms with Crippen LogP contribution in [0.2, 0.25) is 0 Å². The molecule has 0 saturated carbocycles. The van der Waals surface area contributed by atoms with Crippen molar-refractivity contribution in [2.24, 2.45) is 0 Å². The molecular formula is C19H23N3O4S. The Morgan fingerprint density at radius 1 is 1.26 bits per heavy atom. The number of likely N-dealkylation sites (tertiary alicyclic amines) is 1. The molecule has 0 atom stereocenters. The van der Waals surface area contributed by atoms with Crippen LogP contribution in [0.15, 0.2) is 33.7 Å². The molecule has 1 aliphatic heterocycles. The van der Waals surface area contributed by atoms with Crippen molar-refractivity contribution in [3.05, 3.63) is 41.5 Å². The second-order valence-electron chi connectivity index (χ2n) is 6.65. The van der Waals surface area contributed by atoms with Crippen LogP contribution in [0, 0.1) is 0 Å². The lowest BCUT2D eigenvalue weighted by molar-refractivity contribution is -0.127. The van der Waals surface area contributed by atoms with Crippen LogP contribution in [0.25, 0.3) is 0 Å². The minimum atomic E-state index is -0.476. The van der Waals surface area contributed by atoms with E-state index in [1.54, 1.807) is 12.1 Å². The number of carbonyl (C=O) groups excluding carboxylic acids is 2. The maximum absolute atomic E-state index is 12.5. The third-order valence-electron chi connectivity index (χ3n) is 4.24. The molecule has 0 spiro atoms. The van der Waals surface area contributed by atoms with Crippen LogP contribution in [0.5, 0.6) is 0 Å². The number of thioether (sulfide) groups is 1. The maximum Gasteiger partial charge on any atom is 0.339 e. The van der Waals surface area contributed by atoms with E-state index in [0.717, 1.165) is 30.8 Å². The Labute approximate surface area is 162 Å². The number of amides is 1. The Balaban J connectivity index is 1.58. The Bertz CT molecular complexity index is 800. The van der Waals surface area contributed by atoms with E-state index in [4.69, 9.17) is 9.26 Å². The third kappa shape index (κ3) is 5.09. The first-order valence-electron chi connectivity index (χ1n) is 9.04. The molecule has 0 N–H and O–H groups in total. The van der Waals surface area contributed by atoms with E-state index in [1.165, 1.54) is 11.8 Å². The Morgan fingerprint density at radius 3 is 2.70 bits per heavy atom. The van der Waals surface area contributed by atoms with Crippen molar-refractivity contribution in [1.82, 2.24) is 15.0 Å². The second kappa shape index (κ2) is 9.03. The highest BCUT2D eigenvalue weighted by molar-refractivity contribution is 8.00. The highest BCUT2D eigenvalue weighted by Gasteiger charge is 2.20. The van der Waals surface area contributed by atoms with Gasteiger partial charge in [-0.05, 0) is 25.0 Å². The van der Waals surface area contributed by atoms with E-state index in [1.807, 2.05) is 30.9 Å². The predicted molar refractivity (Wildman–Crippen MR) is 100 cm³/mol. The molecule has 1 saturated heterocycles. The minimum Gasteiger partial charge on any atom is -0.452 e. The van der Waals surface area contributed by atoms with Gasteiger partial charge in [0.05, 0.1) is 11.3 Å². The number of rotatable bonds is 7. The van der Waals surface area contributed by atoms with Crippen molar-refractivity contribution < 1.29 is 18.8 Å². The normalized spacial score (nSPS) is 14.0. The van der Waals surface area contributed by atoms with Gasteiger partial charge in [-0.1, -0.05) is 31.1 Å². The minimum absolute atomic E-state index is 0.0791. The van der Waals surface area contributed by atoms with Gasteiger partial charge < -0.3 is 14.2 Å². The molecule has 1 aromatic carbocycles. The first kappa shape index (κ1) is 19.4. The fraction of sp³-hybridized carbons (Fsp3) is 0.474. The summed E-state index contributed by atoms with van der Waals surface area (Å²) in [6.45, 7) is 5.48. The summed E-state index contributed by atoms with van der Waals surface area (Å²) >= 11 is 1.36. The molecule has 3 rings (SSSR count). The van der Waals surface area contributed by atoms with Gasteiger partial charge in [-0.25, -0.2) is 4.79 Å². The summed E-state index contributed by atoms with van der Waals surface area (Å²) in [7, 11) is 0. The van der Waals surface area contributed by atoms with Crippen LogP contribution in [-0.4, -0.2) is 45.8 Å². The van der Waals surface area contributed by atoms with E-state index < -0.39 is 5.97 Å². The molecule has 27 heavy (non-hydrogen) atoms. The van der Waals surface area contributed by atoms with Gasteiger partial charge in [-0.2, -0.15) is 4.98 Å². The molecular weight excluding hydrogens is 366 g/mol. The fourth-order valence-corrected chi connectivity index (χ4v) is 3.67. The number of aromatic nitrogens is 2. The first-order chi connectivity index (χ1) is 13.0. The molecule has 144 valence electrons. The Morgan fingerprint density at radius 2 is 2.00 bits per heavy atom. The number of hydrogen-bond acceptors (Lipinski definition) is 7. The van der Waals surface area contributed by atoms with Gasteiger partial charge in [0.2, 0.25) is 5.91 Å². The molecule has 0 bridgehead atoms. The van der Waals surface area contributed by atoms with Crippen LogP contribution < -0.4 is 0 Å². The number of nitrogens with zero attached hydrogens (tertiary/aromatic N) is 3. The molecule has 2 aromatic rings. The summed E-state index contributed by atoms with van der Waals surface area (Å²) < 4.78 is 10.4. The topological polar surface area (TPSA) is 85.5 Å². The average molecular weight is 389 g/mol. The molecule has 0 aliphatic carbocycles. The highest BCUT2D eigenvalue weighted by Crippen LogP contribution is 2.24. The van der Waals surface area contributed by atoms with Crippen LogP contribution in [0.4, 0.5) is 0 Å². The molecule has 8 heteroatoms. The molecule has 1 aliphatic rings. The van der Waals surface area contributed by atoms with Gasteiger partial charge in [0.25, 0.3) is 5.89 Å². The van der Waals surface area contributed by atoms with Gasteiger partial charge >= 0.3 is 5.97 Å². The smallest absolute Gasteiger partial charge is 0.339 e. The van der Waals surface area contributed by atoms with Gasteiger partial charge in [0, 0.05) is 23.9 Å². The summed E-state index contributed by atoms with van der Waals surface area (Å²) in [6.07, 6.45) is 2.13. The zero-order valence-corrected chi connectivity index (χ0v) is 16.3. The van der Waals surface area contributed by atoms with Crippen LogP contribution in [0.3, 0.4) is 0 Å². The molecule has 2 heterocycles. The van der Waals surface area contributed by atoms with Crippen LogP contribution in [-0.2, 0) is 16.1 Å². The number of esters is 1. The number of hydrogen-bond donors (Lipinski definition) is 0. The summed E-state index contributed by atoms with van der Waals surface area (Å²) in [5.74, 6) is 0.928. The van der Waals surface area contributed by atoms with Crippen molar-refractivity contribution in [2.75, 3.05) is 18.8 Å². The predicted octanol–water partition coefficient (Wildman–Crippen LogP) is 3.26. The molecule has 1 aromatic heterocycles. The summed E-state index contributed by atoms with van der Waals surface area (Å²) in [5.41, 5.74) is 0.431.